The number of hydrogen-bond donors (Lipinski definition) is 0. The summed E-state index contributed by atoms with van der Waals surface area (Å²) in [4.78, 5) is 24.0. The van der Waals surface area contributed by atoms with Crippen LogP contribution in [0.25, 0.3) is 0 Å². The number of likely N-dealkylation sites (tertiary alicyclic amines) is 1. The summed E-state index contributed by atoms with van der Waals surface area (Å²) in [6.45, 7) is 5.58. The zero-order valence-electron chi connectivity index (χ0n) is 8.66. The Balaban J connectivity index is 2.45. The molecule has 0 spiro atoms. The molecule has 1 aliphatic heterocycles. The Bertz CT molecular complexity index is 248. The van der Waals surface area contributed by atoms with Crippen LogP contribution in [0.15, 0.2) is 12.8 Å². The fourth-order valence-electron chi connectivity index (χ4n) is 1.77. The molecule has 0 bridgehead atoms. The summed E-state index contributed by atoms with van der Waals surface area (Å²) >= 11 is 0. The van der Waals surface area contributed by atoms with Gasteiger partial charge >= 0.3 is 0 Å². The predicted molar refractivity (Wildman–Crippen MR) is 54.3 cm³/mol. The topological polar surface area (TPSA) is 37.4 Å². The number of amides is 2. The van der Waals surface area contributed by atoms with Crippen molar-refractivity contribution in [2.45, 2.75) is 39.0 Å². The fourth-order valence-corrected chi connectivity index (χ4v) is 1.77. The van der Waals surface area contributed by atoms with Crippen molar-refractivity contribution in [3.8, 4) is 0 Å². The largest absolute Gasteiger partial charge is 0.274 e. The van der Waals surface area contributed by atoms with Crippen LogP contribution >= 0.6 is 0 Å². The first-order valence-corrected chi connectivity index (χ1v) is 5.19. The molecule has 0 aromatic carbocycles. The van der Waals surface area contributed by atoms with Crippen molar-refractivity contribution in [3.05, 3.63) is 12.8 Å². The molecule has 3 nitrogen and oxygen atoms in total. The average molecular weight is 195 g/mol. The number of carbonyl (C=O) groups is 2. The van der Waals surface area contributed by atoms with Crippen molar-refractivity contribution in [2.75, 3.05) is 0 Å². The van der Waals surface area contributed by atoms with Gasteiger partial charge in [-0.25, -0.2) is 0 Å². The van der Waals surface area contributed by atoms with Gasteiger partial charge in [-0.05, 0) is 6.42 Å². The molecule has 0 saturated carbocycles. The summed E-state index contributed by atoms with van der Waals surface area (Å²) in [7, 11) is 0. The maximum atomic E-state index is 11.6. The molecule has 0 aliphatic carbocycles. The molecular formula is C11H17NO2. The summed E-state index contributed by atoms with van der Waals surface area (Å²) in [5.74, 6) is -0.264. The molecule has 78 valence electrons. The van der Waals surface area contributed by atoms with Crippen molar-refractivity contribution in [2.24, 2.45) is 5.92 Å². The lowest BCUT2D eigenvalue weighted by Crippen LogP contribution is -2.24. The van der Waals surface area contributed by atoms with Crippen molar-refractivity contribution < 1.29 is 9.59 Å². The Kier molecular flexibility index (Phi) is 3.86. The predicted octanol–water partition coefficient (Wildman–Crippen LogP) is 2.09. The Morgan fingerprint density at radius 3 is 2.71 bits per heavy atom. The molecule has 0 aromatic rings. The van der Waals surface area contributed by atoms with Gasteiger partial charge in [0.05, 0.1) is 0 Å². The van der Waals surface area contributed by atoms with Crippen molar-refractivity contribution in [1.29, 1.82) is 0 Å². The van der Waals surface area contributed by atoms with E-state index in [9.17, 15) is 9.59 Å². The third kappa shape index (κ3) is 2.22. The number of hydrogen-bond acceptors (Lipinski definition) is 2. The van der Waals surface area contributed by atoms with Crippen molar-refractivity contribution >= 4 is 11.8 Å². The second-order valence-electron chi connectivity index (χ2n) is 3.68. The van der Waals surface area contributed by atoms with Crippen LogP contribution in [0.2, 0.25) is 0 Å². The van der Waals surface area contributed by atoms with Gasteiger partial charge in [0.25, 0.3) is 0 Å². The van der Waals surface area contributed by atoms with Gasteiger partial charge in [0.1, 0.15) is 0 Å². The minimum atomic E-state index is -0.105. The molecule has 1 saturated heterocycles. The SMILES string of the molecule is C=CN1C(=O)CC(CCCCC)C1=O. The van der Waals surface area contributed by atoms with Crippen LogP contribution in [-0.2, 0) is 9.59 Å². The van der Waals surface area contributed by atoms with E-state index >= 15 is 0 Å². The summed E-state index contributed by atoms with van der Waals surface area (Å²) < 4.78 is 0. The first-order valence-electron chi connectivity index (χ1n) is 5.19. The Hall–Kier alpha value is -1.12. The fraction of sp³-hybridized carbons (Fsp3) is 0.636. The molecule has 1 fully saturated rings. The average Bonchev–Trinajstić information content (AvgIpc) is 2.42. The molecule has 3 heteroatoms. The van der Waals surface area contributed by atoms with Gasteiger partial charge in [-0.2, -0.15) is 0 Å². The third-order valence-corrected chi connectivity index (χ3v) is 2.62. The van der Waals surface area contributed by atoms with Crippen LogP contribution in [0, 0.1) is 5.92 Å². The van der Waals surface area contributed by atoms with E-state index in [4.69, 9.17) is 0 Å². The molecule has 0 radical (unpaired) electrons. The minimum absolute atomic E-state index is 0.0684. The zero-order valence-corrected chi connectivity index (χ0v) is 8.66. The monoisotopic (exact) mass is 195 g/mol. The second kappa shape index (κ2) is 4.94. The maximum absolute atomic E-state index is 11.6. The molecule has 0 N–H and O–H groups in total. The van der Waals surface area contributed by atoms with Crippen LogP contribution in [0.3, 0.4) is 0 Å². The third-order valence-electron chi connectivity index (χ3n) is 2.62. The smallest absolute Gasteiger partial charge is 0.236 e. The first-order chi connectivity index (χ1) is 6.70. The van der Waals surface area contributed by atoms with Crippen molar-refractivity contribution in [3.63, 3.8) is 0 Å². The van der Waals surface area contributed by atoms with Crippen LogP contribution in [0.5, 0.6) is 0 Å². The molecule has 1 heterocycles. The van der Waals surface area contributed by atoms with Crippen LogP contribution in [0.1, 0.15) is 39.0 Å². The minimum Gasteiger partial charge on any atom is -0.274 e. The normalized spacial score (nSPS) is 21.8. The van der Waals surface area contributed by atoms with E-state index < -0.39 is 0 Å². The molecule has 14 heavy (non-hydrogen) atoms. The number of rotatable bonds is 5. The highest BCUT2D eigenvalue weighted by Crippen LogP contribution is 2.24. The van der Waals surface area contributed by atoms with Gasteiger partial charge < -0.3 is 0 Å². The van der Waals surface area contributed by atoms with Crippen LogP contribution in [0.4, 0.5) is 0 Å². The second-order valence-corrected chi connectivity index (χ2v) is 3.68. The highest BCUT2D eigenvalue weighted by Gasteiger charge is 2.36. The number of carbonyl (C=O) groups excluding carboxylic acids is 2. The zero-order chi connectivity index (χ0) is 10.6. The molecule has 1 unspecified atom stereocenters. The van der Waals surface area contributed by atoms with E-state index in [1.165, 1.54) is 6.20 Å². The van der Waals surface area contributed by atoms with E-state index in [2.05, 4.69) is 13.5 Å². The van der Waals surface area contributed by atoms with E-state index in [1.807, 2.05) is 0 Å². The standard InChI is InChI=1S/C11H17NO2/c1-3-5-6-7-9-8-10(13)12(4-2)11(9)14/h4,9H,2-3,5-8H2,1H3. The molecule has 1 rings (SSSR count). The number of imide groups is 1. The lowest BCUT2D eigenvalue weighted by Gasteiger charge is -2.08. The highest BCUT2D eigenvalue weighted by atomic mass is 16.2. The summed E-state index contributed by atoms with van der Waals surface area (Å²) in [6.07, 6.45) is 5.83. The Morgan fingerprint density at radius 2 is 2.21 bits per heavy atom. The molecule has 2 amide bonds. The first kappa shape index (κ1) is 11.0. The van der Waals surface area contributed by atoms with Gasteiger partial charge in [-0.15, -0.1) is 0 Å². The summed E-state index contributed by atoms with van der Waals surface area (Å²) in [5.41, 5.74) is 0. The van der Waals surface area contributed by atoms with E-state index in [0.29, 0.717) is 6.42 Å². The lowest BCUT2D eigenvalue weighted by molar-refractivity contribution is -0.136. The Labute approximate surface area is 84.8 Å². The van der Waals surface area contributed by atoms with Crippen molar-refractivity contribution in [1.82, 2.24) is 4.90 Å². The van der Waals surface area contributed by atoms with E-state index in [-0.39, 0.29) is 17.7 Å². The molecule has 0 aromatic heterocycles. The van der Waals surface area contributed by atoms with Gasteiger partial charge in [0.2, 0.25) is 11.8 Å². The van der Waals surface area contributed by atoms with Gasteiger partial charge in [-0.3, -0.25) is 14.5 Å². The molecular weight excluding hydrogens is 178 g/mol. The number of nitrogens with zero attached hydrogens (tertiary/aromatic N) is 1. The maximum Gasteiger partial charge on any atom is 0.236 e. The van der Waals surface area contributed by atoms with Crippen LogP contribution in [-0.4, -0.2) is 16.7 Å². The summed E-state index contributed by atoms with van der Waals surface area (Å²) in [5, 5.41) is 0. The van der Waals surface area contributed by atoms with E-state index in [1.54, 1.807) is 0 Å². The Morgan fingerprint density at radius 1 is 1.50 bits per heavy atom. The number of unbranched alkanes of at least 4 members (excludes halogenated alkanes) is 2. The van der Waals surface area contributed by atoms with E-state index in [0.717, 1.165) is 30.6 Å². The van der Waals surface area contributed by atoms with Gasteiger partial charge in [-0.1, -0.05) is 32.8 Å². The summed E-state index contributed by atoms with van der Waals surface area (Å²) in [6, 6.07) is 0. The highest BCUT2D eigenvalue weighted by molar-refractivity contribution is 6.04. The quantitative estimate of drug-likeness (QED) is 0.497. The lowest BCUT2D eigenvalue weighted by atomic mass is 10.00. The molecule has 1 aliphatic rings. The van der Waals surface area contributed by atoms with Gasteiger partial charge in [0, 0.05) is 18.5 Å². The van der Waals surface area contributed by atoms with Gasteiger partial charge in [0.15, 0.2) is 0 Å². The molecule has 1 atom stereocenters. The van der Waals surface area contributed by atoms with Crippen LogP contribution < -0.4 is 0 Å².